The normalized spacial score (nSPS) is 15.6. The number of thioether (sulfide) groups is 1. The molecule has 16 nitrogen and oxygen atoms in total. The van der Waals surface area contributed by atoms with Crippen LogP contribution in [0.3, 0.4) is 0 Å². The van der Waals surface area contributed by atoms with Gasteiger partial charge in [0, 0.05) is 98.6 Å². The van der Waals surface area contributed by atoms with Crippen molar-refractivity contribution < 1.29 is 43.2 Å². The van der Waals surface area contributed by atoms with Crippen molar-refractivity contribution in [2.75, 3.05) is 129 Å². The van der Waals surface area contributed by atoms with E-state index in [1.807, 2.05) is 71.6 Å². The molecule has 3 N–H and O–H groups in total. The van der Waals surface area contributed by atoms with Gasteiger partial charge < -0.3 is 49.4 Å². The number of fused-ring (bicyclic) bond motifs is 1. The van der Waals surface area contributed by atoms with Crippen molar-refractivity contribution in [3.63, 3.8) is 0 Å². The molecule has 1 aliphatic carbocycles. The Balaban J connectivity index is 0.752. The van der Waals surface area contributed by atoms with Gasteiger partial charge in [-0.25, -0.2) is 0 Å². The summed E-state index contributed by atoms with van der Waals surface area (Å²) in [6.45, 7) is 9.48. The first-order valence-electron chi connectivity index (χ1n) is 27.7. The number of likely N-dealkylation sites (N-methyl/N-ethyl adjacent to an activating group) is 1. The van der Waals surface area contributed by atoms with Gasteiger partial charge in [0.1, 0.15) is 0 Å². The summed E-state index contributed by atoms with van der Waals surface area (Å²) in [7, 11) is 1.78. The standard InChI is InChI=1S/C61H77N7O9S/c1-65(29-33-76-37-39-77-38-36-74-32-21-58(70)68-27-25-66(26-28-68)30-34-75-35-31-69)59(71)42-46-10-8-15-52(41-46)78-45-47-11-7-14-49(40-47)60(72)64-56-19-18-51(67-23-5-2-6-24-67)44-54(56)57-43-50(20-22-62-57)61(73)63-55-17-9-13-48-12-3-4-16-53(48)55/h3-4,7-8,10-12,14-16,18-20,22,40-41,43-44,55,69H,2,5-6,9,13,17,21,23-39,42,45H2,1H3,(H,63,73)(H,64,72)/t55-/m0/s1. The molecule has 0 radical (unpaired) electrons. The molecule has 3 aliphatic rings. The summed E-state index contributed by atoms with van der Waals surface area (Å²) in [6.07, 6.45) is 8.65. The molecule has 8 rings (SSSR count). The average Bonchev–Trinajstić information content (AvgIpc) is 3.50. The lowest BCUT2D eigenvalue weighted by Crippen LogP contribution is -2.49. The maximum Gasteiger partial charge on any atom is 0.255 e. The lowest BCUT2D eigenvalue weighted by molar-refractivity contribution is -0.134. The van der Waals surface area contributed by atoms with Crippen LogP contribution in [0.1, 0.15) is 87.5 Å². The van der Waals surface area contributed by atoms with Crippen molar-refractivity contribution in [3.8, 4) is 11.3 Å². The van der Waals surface area contributed by atoms with Crippen LogP contribution in [0.4, 0.5) is 11.4 Å². The Kier molecular flexibility index (Phi) is 22.9. The zero-order valence-electron chi connectivity index (χ0n) is 45.2. The predicted octanol–water partition coefficient (Wildman–Crippen LogP) is 7.68. The SMILES string of the molecule is CN(CCOCCOCCOCCC(=O)N1CCN(CCOCCO)CC1)C(=O)Cc1cccc(SCc2cccc(C(=O)Nc3ccc(N4CCCCC4)cc3-c3cc(C(=O)N[C@H]4CCCc5ccccc54)ccn3)c2)c1. The van der Waals surface area contributed by atoms with Crippen LogP contribution >= 0.6 is 11.8 Å². The van der Waals surface area contributed by atoms with E-state index in [0.29, 0.717) is 107 Å². The number of piperazine rings is 1. The number of hydrogen-bond acceptors (Lipinski definition) is 13. The number of carbonyl (C=O) groups is 4. The largest absolute Gasteiger partial charge is 0.394 e. The molecule has 3 heterocycles. The van der Waals surface area contributed by atoms with E-state index in [1.165, 1.54) is 17.5 Å². The number of piperidine rings is 1. The van der Waals surface area contributed by atoms with E-state index in [1.54, 1.807) is 36.0 Å². The number of aliphatic hydroxyl groups is 1. The molecule has 2 aliphatic heterocycles. The fourth-order valence-corrected chi connectivity index (χ4v) is 11.0. The molecular formula is C61H77N7O9S. The molecular weight excluding hydrogens is 1010 g/mol. The number of benzene rings is 4. The van der Waals surface area contributed by atoms with E-state index >= 15 is 0 Å². The van der Waals surface area contributed by atoms with Gasteiger partial charge in [-0.15, -0.1) is 11.8 Å². The number of aromatic nitrogens is 1. The topological polar surface area (TPSA) is 175 Å². The summed E-state index contributed by atoms with van der Waals surface area (Å²) in [5, 5.41) is 15.3. The Hall–Kier alpha value is -6.18. The van der Waals surface area contributed by atoms with E-state index in [4.69, 9.17) is 29.0 Å². The molecule has 4 amide bonds. The maximum absolute atomic E-state index is 14.1. The number of carbonyl (C=O) groups excluding carboxylic acids is 4. The van der Waals surface area contributed by atoms with Gasteiger partial charge in [0.15, 0.2) is 0 Å². The van der Waals surface area contributed by atoms with Gasteiger partial charge in [-0.3, -0.25) is 29.1 Å². The maximum atomic E-state index is 14.1. The Morgan fingerprint density at radius 3 is 2.27 bits per heavy atom. The summed E-state index contributed by atoms with van der Waals surface area (Å²) >= 11 is 1.64. The second kappa shape index (κ2) is 30.8. The zero-order chi connectivity index (χ0) is 54.3. The average molecular weight is 1080 g/mol. The van der Waals surface area contributed by atoms with Crippen molar-refractivity contribution in [1.82, 2.24) is 25.0 Å². The Morgan fingerprint density at radius 2 is 1.45 bits per heavy atom. The number of rotatable bonds is 28. The highest BCUT2D eigenvalue weighted by atomic mass is 32.2. The number of nitrogens with one attached hydrogen (secondary N) is 2. The highest BCUT2D eigenvalue weighted by Gasteiger charge is 2.24. The van der Waals surface area contributed by atoms with E-state index in [9.17, 15) is 19.2 Å². The number of aryl methyl sites for hydroxylation is 1. The monoisotopic (exact) mass is 1080 g/mol. The third-order valence-electron chi connectivity index (χ3n) is 14.5. The van der Waals surface area contributed by atoms with E-state index in [2.05, 4.69) is 50.8 Å². The molecule has 0 unspecified atom stereocenters. The van der Waals surface area contributed by atoms with Gasteiger partial charge in [0.25, 0.3) is 11.8 Å². The van der Waals surface area contributed by atoms with Gasteiger partial charge in [0.2, 0.25) is 11.8 Å². The van der Waals surface area contributed by atoms with Crippen molar-refractivity contribution >= 4 is 46.8 Å². The zero-order valence-corrected chi connectivity index (χ0v) is 46.0. The number of anilines is 2. The summed E-state index contributed by atoms with van der Waals surface area (Å²) in [5.41, 5.74) is 8.43. The summed E-state index contributed by atoms with van der Waals surface area (Å²) in [6, 6.07) is 33.6. The summed E-state index contributed by atoms with van der Waals surface area (Å²) in [4.78, 5) is 67.6. The molecule has 1 atom stereocenters. The molecule has 5 aromatic rings. The number of hydrogen-bond donors (Lipinski definition) is 3. The lowest BCUT2D eigenvalue weighted by atomic mass is 9.87. The second-order valence-electron chi connectivity index (χ2n) is 20.1. The third kappa shape index (κ3) is 17.7. The molecule has 2 fully saturated rings. The summed E-state index contributed by atoms with van der Waals surface area (Å²) < 4.78 is 22.3. The fourth-order valence-electron chi connectivity index (χ4n) is 10.1. The van der Waals surface area contributed by atoms with Crippen LogP contribution in [0.25, 0.3) is 11.3 Å². The number of amides is 4. The summed E-state index contributed by atoms with van der Waals surface area (Å²) in [5.74, 6) is 0.318. The van der Waals surface area contributed by atoms with Crippen molar-refractivity contribution in [2.24, 2.45) is 0 Å². The van der Waals surface area contributed by atoms with Crippen LogP contribution in [0.2, 0.25) is 0 Å². The molecule has 0 spiro atoms. The molecule has 17 heteroatoms. The first-order chi connectivity index (χ1) is 38.2. The lowest BCUT2D eigenvalue weighted by Gasteiger charge is -2.34. The van der Waals surface area contributed by atoms with Crippen LogP contribution in [-0.2, 0) is 47.1 Å². The fraction of sp³-hybridized carbons (Fsp3) is 0.459. The minimum atomic E-state index is -0.244. The number of aliphatic hydroxyl groups excluding tert-OH is 1. The van der Waals surface area contributed by atoms with Crippen LogP contribution in [0.15, 0.2) is 114 Å². The molecule has 0 bridgehead atoms. The van der Waals surface area contributed by atoms with E-state index in [0.717, 1.165) is 92.1 Å². The molecule has 416 valence electrons. The van der Waals surface area contributed by atoms with Crippen LogP contribution in [-0.4, -0.2) is 167 Å². The number of ether oxygens (including phenoxy) is 4. The molecule has 0 saturated carbocycles. The van der Waals surface area contributed by atoms with Crippen LogP contribution < -0.4 is 15.5 Å². The van der Waals surface area contributed by atoms with Gasteiger partial charge >= 0.3 is 0 Å². The number of pyridine rings is 1. The minimum absolute atomic E-state index is 0.00608. The van der Waals surface area contributed by atoms with Crippen molar-refractivity contribution in [3.05, 3.63) is 143 Å². The van der Waals surface area contributed by atoms with Crippen LogP contribution in [0, 0.1) is 0 Å². The second-order valence-corrected chi connectivity index (χ2v) is 21.1. The van der Waals surface area contributed by atoms with Crippen molar-refractivity contribution in [1.29, 1.82) is 0 Å². The van der Waals surface area contributed by atoms with Gasteiger partial charge in [0.05, 0.1) is 89.7 Å². The number of nitrogens with zero attached hydrogens (tertiary/aromatic N) is 5. The first kappa shape index (κ1) is 58.0. The van der Waals surface area contributed by atoms with Crippen LogP contribution in [0.5, 0.6) is 0 Å². The Labute approximate surface area is 464 Å². The van der Waals surface area contributed by atoms with E-state index in [-0.39, 0.29) is 42.7 Å². The van der Waals surface area contributed by atoms with E-state index < -0.39 is 0 Å². The third-order valence-corrected chi connectivity index (χ3v) is 15.6. The Bertz CT molecular complexity index is 2730. The molecule has 4 aromatic carbocycles. The smallest absolute Gasteiger partial charge is 0.255 e. The van der Waals surface area contributed by atoms with Gasteiger partial charge in [-0.05, 0) is 115 Å². The van der Waals surface area contributed by atoms with Gasteiger partial charge in [-0.2, -0.15) is 0 Å². The highest BCUT2D eigenvalue weighted by molar-refractivity contribution is 7.98. The Morgan fingerprint density at radius 1 is 0.705 bits per heavy atom. The highest BCUT2D eigenvalue weighted by Crippen LogP contribution is 2.35. The first-order valence-corrected chi connectivity index (χ1v) is 28.7. The molecule has 1 aromatic heterocycles. The quantitative estimate of drug-likeness (QED) is 0.0329. The molecule has 78 heavy (non-hydrogen) atoms. The predicted molar refractivity (Wildman–Crippen MR) is 305 cm³/mol. The van der Waals surface area contributed by atoms with Gasteiger partial charge in [-0.1, -0.05) is 48.5 Å². The minimum Gasteiger partial charge on any atom is -0.394 e. The van der Waals surface area contributed by atoms with Crippen molar-refractivity contribution in [2.45, 2.75) is 68.1 Å². The molecule has 2 saturated heterocycles.